The normalized spacial score (nSPS) is 10.2. The van der Waals surface area contributed by atoms with Crippen LogP contribution >= 0.6 is 0 Å². The van der Waals surface area contributed by atoms with Crippen molar-refractivity contribution in [2.24, 2.45) is 0 Å². The zero-order valence-corrected chi connectivity index (χ0v) is 12.3. The van der Waals surface area contributed by atoms with E-state index >= 15 is 0 Å². The molecular formula is C15H20N4O2. The van der Waals surface area contributed by atoms with Crippen LogP contribution in [0, 0.1) is 0 Å². The Morgan fingerprint density at radius 2 is 1.95 bits per heavy atom. The van der Waals surface area contributed by atoms with Crippen LogP contribution in [0.1, 0.15) is 19.8 Å². The van der Waals surface area contributed by atoms with Gasteiger partial charge in [-0.1, -0.05) is 25.5 Å². The Kier molecular flexibility index (Phi) is 5.20. The highest BCUT2D eigenvalue weighted by Crippen LogP contribution is 2.34. The minimum absolute atomic E-state index is 0.313. The standard InChI is InChI=1S/C15H20N4O2/c1-3-4-9-17-14-13(16)15(19-10-18-14)21-12-8-6-5-7-11(12)20-2/h5-8,10H,3-4,9,16H2,1-2H3,(H,17,18,19). The number of benzene rings is 1. The number of hydrogen-bond acceptors (Lipinski definition) is 6. The van der Waals surface area contributed by atoms with Crippen LogP contribution in [0.4, 0.5) is 11.5 Å². The van der Waals surface area contributed by atoms with Gasteiger partial charge in [-0.3, -0.25) is 0 Å². The summed E-state index contributed by atoms with van der Waals surface area (Å²) in [5.41, 5.74) is 6.44. The average molecular weight is 288 g/mol. The van der Waals surface area contributed by atoms with Crippen molar-refractivity contribution in [1.82, 2.24) is 9.97 Å². The van der Waals surface area contributed by atoms with Crippen molar-refractivity contribution in [1.29, 1.82) is 0 Å². The number of anilines is 2. The van der Waals surface area contributed by atoms with E-state index in [4.69, 9.17) is 15.2 Å². The number of unbranched alkanes of at least 4 members (excludes halogenated alkanes) is 1. The molecule has 0 bridgehead atoms. The third kappa shape index (κ3) is 3.75. The molecule has 2 rings (SSSR count). The maximum Gasteiger partial charge on any atom is 0.248 e. The van der Waals surface area contributed by atoms with Crippen molar-refractivity contribution in [3.63, 3.8) is 0 Å². The number of rotatable bonds is 7. The van der Waals surface area contributed by atoms with Gasteiger partial charge in [0.15, 0.2) is 17.3 Å². The average Bonchev–Trinajstić information content (AvgIpc) is 2.51. The van der Waals surface area contributed by atoms with Gasteiger partial charge in [0.05, 0.1) is 7.11 Å². The zero-order valence-electron chi connectivity index (χ0n) is 12.3. The summed E-state index contributed by atoms with van der Waals surface area (Å²) in [6.45, 7) is 2.94. The number of nitrogens with zero attached hydrogens (tertiary/aromatic N) is 2. The van der Waals surface area contributed by atoms with Crippen LogP contribution in [0.3, 0.4) is 0 Å². The van der Waals surface area contributed by atoms with E-state index in [1.165, 1.54) is 6.33 Å². The molecule has 0 fully saturated rings. The van der Waals surface area contributed by atoms with Gasteiger partial charge in [0, 0.05) is 6.54 Å². The third-order valence-corrected chi connectivity index (χ3v) is 2.95. The molecule has 0 saturated carbocycles. The van der Waals surface area contributed by atoms with E-state index in [0.29, 0.717) is 28.9 Å². The molecular weight excluding hydrogens is 268 g/mol. The van der Waals surface area contributed by atoms with Gasteiger partial charge >= 0.3 is 0 Å². The molecule has 0 radical (unpaired) electrons. The largest absolute Gasteiger partial charge is 0.493 e. The number of para-hydroxylation sites is 2. The van der Waals surface area contributed by atoms with Crippen LogP contribution < -0.4 is 20.5 Å². The monoisotopic (exact) mass is 288 g/mol. The molecule has 1 heterocycles. The fourth-order valence-electron chi connectivity index (χ4n) is 1.79. The number of hydrogen-bond donors (Lipinski definition) is 2. The van der Waals surface area contributed by atoms with Gasteiger partial charge in [0.1, 0.15) is 12.0 Å². The van der Waals surface area contributed by atoms with Crippen LogP contribution in [0.25, 0.3) is 0 Å². The fraction of sp³-hybridized carbons (Fsp3) is 0.333. The van der Waals surface area contributed by atoms with Gasteiger partial charge in [0.25, 0.3) is 0 Å². The summed E-state index contributed by atoms with van der Waals surface area (Å²) in [7, 11) is 1.59. The summed E-state index contributed by atoms with van der Waals surface area (Å²) in [6.07, 6.45) is 3.57. The summed E-state index contributed by atoms with van der Waals surface area (Å²) in [5, 5.41) is 3.18. The minimum atomic E-state index is 0.313. The van der Waals surface area contributed by atoms with E-state index in [9.17, 15) is 0 Å². The minimum Gasteiger partial charge on any atom is -0.493 e. The van der Waals surface area contributed by atoms with Crippen LogP contribution in [0.2, 0.25) is 0 Å². The van der Waals surface area contributed by atoms with Crippen molar-refractivity contribution in [3.8, 4) is 17.4 Å². The van der Waals surface area contributed by atoms with Crippen LogP contribution in [0.5, 0.6) is 17.4 Å². The van der Waals surface area contributed by atoms with Crippen LogP contribution in [-0.4, -0.2) is 23.6 Å². The predicted molar refractivity (Wildman–Crippen MR) is 82.9 cm³/mol. The highest BCUT2D eigenvalue weighted by molar-refractivity contribution is 5.67. The molecule has 6 heteroatoms. The second-order valence-corrected chi connectivity index (χ2v) is 4.47. The van der Waals surface area contributed by atoms with E-state index in [1.54, 1.807) is 13.2 Å². The van der Waals surface area contributed by atoms with Crippen molar-refractivity contribution >= 4 is 11.5 Å². The topological polar surface area (TPSA) is 82.3 Å². The lowest BCUT2D eigenvalue weighted by Crippen LogP contribution is -2.07. The van der Waals surface area contributed by atoms with Gasteiger partial charge in [-0.25, -0.2) is 4.98 Å². The van der Waals surface area contributed by atoms with Crippen molar-refractivity contribution < 1.29 is 9.47 Å². The van der Waals surface area contributed by atoms with E-state index in [1.807, 2.05) is 18.2 Å². The molecule has 1 aromatic heterocycles. The molecule has 0 unspecified atom stereocenters. The van der Waals surface area contributed by atoms with E-state index in [-0.39, 0.29) is 0 Å². The molecule has 21 heavy (non-hydrogen) atoms. The maximum absolute atomic E-state index is 6.05. The Morgan fingerprint density at radius 3 is 2.67 bits per heavy atom. The summed E-state index contributed by atoms with van der Waals surface area (Å²) < 4.78 is 11.0. The molecule has 112 valence electrons. The van der Waals surface area contributed by atoms with Crippen LogP contribution in [0.15, 0.2) is 30.6 Å². The van der Waals surface area contributed by atoms with Gasteiger partial charge in [-0.15, -0.1) is 0 Å². The van der Waals surface area contributed by atoms with Crippen molar-refractivity contribution in [3.05, 3.63) is 30.6 Å². The predicted octanol–water partition coefficient (Wildman–Crippen LogP) is 3.07. The number of ether oxygens (including phenoxy) is 2. The first-order valence-electron chi connectivity index (χ1n) is 6.91. The van der Waals surface area contributed by atoms with Gasteiger partial charge in [0.2, 0.25) is 5.88 Å². The smallest absolute Gasteiger partial charge is 0.248 e. The number of nitrogens with two attached hydrogens (primary N) is 1. The second-order valence-electron chi connectivity index (χ2n) is 4.47. The quantitative estimate of drug-likeness (QED) is 0.762. The summed E-state index contributed by atoms with van der Waals surface area (Å²) in [5.74, 6) is 2.08. The Bertz CT molecular complexity index is 590. The highest BCUT2D eigenvalue weighted by Gasteiger charge is 2.12. The molecule has 0 aliphatic rings. The zero-order chi connectivity index (χ0) is 15.1. The van der Waals surface area contributed by atoms with E-state index < -0.39 is 0 Å². The molecule has 0 atom stereocenters. The molecule has 3 N–H and O–H groups in total. The summed E-state index contributed by atoms with van der Waals surface area (Å²) in [4.78, 5) is 8.22. The summed E-state index contributed by atoms with van der Waals surface area (Å²) in [6, 6.07) is 7.33. The second kappa shape index (κ2) is 7.33. The number of methoxy groups -OCH3 is 1. The first-order valence-corrected chi connectivity index (χ1v) is 6.91. The first kappa shape index (κ1) is 14.9. The van der Waals surface area contributed by atoms with Crippen LogP contribution in [-0.2, 0) is 0 Å². The SMILES string of the molecule is CCCCNc1ncnc(Oc2ccccc2OC)c1N. The molecule has 0 amide bonds. The fourth-order valence-corrected chi connectivity index (χ4v) is 1.79. The third-order valence-electron chi connectivity index (χ3n) is 2.95. The molecule has 1 aromatic carbocycles. The lowest BCUT2D eigenvalue weighted by atomic mass is 10.3. The summed E-state index contributed by atoms with van der Waals surface area (Å²) >= 11 is 0. The van der Waals surface area contributed by atoms with Gasteiger partial charge in [-0.2, -0.15) is 4.98 Å². The Hall–Kier alpha value is -2.50. The Labute approximate surface area is 124 Å². The molecule has 6 nitrogen and oxygen atoms in total. The highest BCUT2D eigenvalue weighted by atomic mass is 16.5. The Balaban J connectivity index is 2.18. The lowest BCUT2D eigenvalue weighted by Gasteiger charge is -2.13. The molecule has 0 saturated heterocycles. The Morgan fingerprint density at radius 1 is 1.19 bits per heavy atom. The first-order chi connectivity index (χ1) is 10.3. The van der Waals surface area contributed by atoms with E-state index in [0.717, 1.165) is 19.4 Å². The molecule has 0 aliphatic heterocycles. The number of nitrogen functional groups attached to an aromatic ring is 1. The van der Waals surface area contributed by atoms with E-state index in [2.05, 4.69) is 22.2 Å². The molecule has 0 aliphatic carbocycles. The van der Waals surface area contributed by atoms with Crippen molar-refractivity contribution in [2.75, 3.05) is 24.7 Å². The van der Waals surface area contributed by atoms with Gasteiger partial charge < -0.3 is 20.5 Å². The lowest BCUT2D eigenvalue weighted by molar-refractivity contribution is 0.374. The maximum atomic E-state index is 6.05. The number of aromatic nitrogens is 2. The molecule has 0 spiro atoms. The van der Waals surface area contributed by atoms with Crippen molar-refractivity contribution in [2.45, 2.75) is 19.8 Å². The molecule has 2 aromatic rings. The van der Waals surface area contributed by atoms with Gasteiger partial charge in [-0.05, 0) is 18.6 Å². The number of nitrogens with one attached hydrogen (secondary N) is 1.